The smallest absolute Gasteiger partial charge is 0.357 e. The highest BCUT2D eigenvalue weighted by Crippen LogP contribution is 2.29. The second-order valence-electron chi connectivity index (χ2n) is 5.38. The summed E-state index contributed by atoms with van der Waals surface area (Å²) < 4.78 is 19.6. The van der Waals surface area contributed by atoms with Crippen LogP contribution in [0.2, 0.25) is 0 Å². The van der Waals surface area contributed by atoms with Crippen LogP contribution >= 0.6 is 0 Å². The molecule has 152 valence electrons. The molecule has 0 atom stereocenters. The normalized spacial score (nSPS) is 10.8. The SMILES string of the molecule is COC(=O)/C=C(\C(=O)OC)n1nc(-c2ccccc2)c(C(=O)OC)c1C(=O)OC. The molecule has 10 heteroatoms. The lowest BCUT2D eigenvalue weighted by Crippen LogP contribution is -2.21. The van der Waals surface area contributed by atoms with Gasteiger partial charge in [0.05, 0.1) is 34.5 Å². The molecular formula is C19H18N2O8. The van der Waals surface area contributed by atoms with Crippen molar-refractivity contribution in [1.29, 1.82) is 0 Å². The fourth-order valence-corrected chi connectivity index (χ4v) is 2.45. The van der Waals surface area contributed by atoms with Crippen molar-refractivity contribution >= 4 is 29.6 Å². The average Bonchev–Trinajstić information content (AvgIpc) is 3.16. The number of methoxy groups -OCH3 is 4. The molecule has 0 aliphatic carbocycles. The number of benzene rings is 1. The highest BCUT2D eigenvalue weighted by Gasteiger charge is 2.33. The summed E-state index contributed by atoms with van der Waals surface area (Å²) in [5.74, 6) is -3.78. The molecule has 0 saturated carbocycles. The fraction of sp³-hybridized carbons (Fsp3) is 0.211. The number of hydrogen-bond acceptors (Lipinski definition) is 9. The van der Waals surface area contributed by atoms with E-state index >= 15 is 0 Å². The van der Waals surface area contributed by atoms with E-state index in [4.69, 9.17) is 9.47 Å². The Labute approximate surface area is 165 Å². The first kappa shape index (κ1) is 21.4. The van der Waals surface area contributed by atoms with Crippen molar-refractivity contribution in [1.82, 2.24) is 9.78 Å². The first-order valence-electron chi connectivity index (χ1n) is 8.12. The third-order valence-corrected chi connectivity index (χ3v) is 3.78. The maximum atomic E-state index is 12.5. The van der Waals surface area contributed by atoms with Gasteiger partial charge in [-0.3, -0.25) is 0 Å². The van der Waals surface area contributed by atoms with Crippen LogP contribution in [0.15, 0.2) is 36.4 Å². The highest BCUT2D eigenvalue weighted by molar-refractivity contribution is 6.17. The Hall–Kier alpha value is -3.95. The third kappa shape index (κ3) is 4.32. The minimum atomic E-state index is -1.00. The van der Waals surface area contributed by atoms with Crippen molar-refractivity contribution in [3.05, 3.63) is 47.7 Å². The monoisotopic (exact) mass is 402 g/mol. The van der Waals surface area contributed by atoms with Crippen molar-refractivity contribution < 1.29 is 38.1 Å². The van der Waals surface area contributed by atoms with E-state index in [0.717, 1.165) is 39.2 Å². The van der Waals surface area contributed by atoms with Crippen LogP contribution in [-0.4, -0.2) is 62.1 Å². The Morgan fingerprint density at radius 3 is 2.00 bits per heavy atom. The summed E-state index contributed by atoms with van der Waals surface area (Å²) in [6, 6.07) is 8.41. The lowest BCUT2D eigenvalue weighted by Gasteiger charge is -2.09. The molecule has 29 heavy (non-hydrogen) atoms. The Morgan fingerprint density at radius 1 is 0.862 bits per heavy atom. The van der Waals surface area contributed by atoms with E-state index in [-0.39, 0.29) is 11.3 Å². The summed E-state index contributed by atoms with van der Waals surface area (Å²) in [5, 5.41) is 4.21. The molecule has 0 N–H and O–H groups in total. The Kier molecular flexibility index (Phi) is 6.85. The number of carbonyl (C=O) groups excluding carboxylic acids is 4. The predicted molar refractivity (Wildman–Crippen MR) is 98.6 cm³/mol. The molecule has 1 heterocycles. The molecular weight excluding hydrogens is 384 g/mol. The minimum absolute atomic E-state index is 0.0394. The van der Waals surface area contributed by atoms with Gasteiger partial charge in [0, 0.05) is 5.56 Å². The number of esters is 4. The average molecular weight is 402 g/mol. The van der Waals surface area contributed by atoms with Gasteiger partial charge in [0.25, 0.3) is 0 Å². The molecule has 1 aromatic carbocycles. The second kappa shape index (κ2) is 9.31. The van der Waals surface area contributed by atoms with Crippen molar-refractivity contribution in [2.24, 2.45) is 0 Å². The number of carbonyl (C=O) groups is 4. The standard InChI is InChI=1S/C19H18N2O8/c1-26-13(22)10-12(17(23)27-2)21-16(19(25)29-4)14(18(24)28-3)15(20-21)11-8-6-5-7-9-11/h5-10H,1-4H3/b12-10+. The number of nitrogens with zero attached hydrogens (tertiary/aromatic N) is 2. The fourth-order valence-electron chi connectivity index (χ4n) is 2.45. The molecule has 1 aromatic heterocycles. The molecule has 0 unspecified atom stereocenters. The molecule has 0 amide bonds. The molecule has 10 nitrogen and oxygen atoms in total. The van der Waals surface area contributed by atoms with Crippen molar-refractivity contribution in [3.8, 4) is 11.3 Å². The third-order valence-electron chi connectivity index (χ3n) is 3.78. The minimum Gasteiger partial charge on any atom is -0.466 e. The number of aromatic nitrogens is 2. The Bertz CT molecular complexity index is 976. The van der Waals surface area contributed by atoms with E-state index in [2.05, 4.69) is 14.6 Å². The maximum Gasteiger partial charge on any atom is 0.357 e. The predicted octanol–water partition coefficient (Wildman–Crippen LogP) is 1.31. The van der Waals surface area contributed by atoms with Crippen molar-refractivity contribution in [3.63, 3.8) is 0 Å². The van der Waals surface area contributed by atoms with Crippen LogP contribution in [0, 0.1) is 0 Å². The van der Waals surface area contributed by atoms with E-state index < -0.39 is 35.3 Å². The summed E-state index contributed by atoms with van der Waals surface area (Å²) in [4.78, 5) is 49.1. The number of hydrogen-bond donors (Lipinski definition) is 0. The molecule has 0 radical (unpaired) electrons. The quantitative estimate of drug-likeness (QED) is 0.400. The van der Waals surface area contributed by atoms with Gasteiger partial charge in [0.2, 0.25) is 0 Å². The van der Waals surface area contributed by atoms with Crippen LogP contribution in [-0.2, 0) is 28.5 Å². The molecule has 0 aliphatic rings. The van der Waals surface area contributed by atoms with Gasteiger partial charge in [-0.05, 0) is 0 Å². The highest BCUT2D eigenvalue weighted by atomic mass is 16.5. The van der Waals surface area contributed by atoms with Crippen LogP contribution in [0.25, 0.3) is 17.0 Å². The van der Waals surface area contributed by atoms with Gasteiger partial charge in [0.1, 0.15) is 11.3 Å². The molecule has 2 rings (SSSR count). The molecule has 0 aliphatic heterocycles. The summed E-state index contributed by atoms with van der Waals surface area (Å²) in [5.41, 5.74) is -0.632. The van der Waals surface area contributed by atoms with E-state index in [9.17, 15) is 19.2 Å². The van der Waals surface area contributed by atoms with E-state index in [0.29, 0.717) is 5.56 Å². The van der Waals surface area contributed by atoms with Gasteiger partial charge in [0.15, 0.2) is 11.4 Å². The Morgan fingerprint density at radius 2 is 1.48 bits per heavy atom. The number of rotatable bonds is 6. The van der Waals surface area contributed by atoms with Crippen LogP contribution in [0.1, 0.15) is 20.8 Å². The van der Waals surface area contributed by atoms with Gasteiger partial charge in [-0.25, -0.2) is 23.9 Å². The van der Waals surface area contributed by atoms with Gasteiger partial charge >= 0.3 is 23.9 Å². The van der Waals surface area contributed by atoms with Gasteiger partial charge in [-0.1, -0.05) is 30.3 Å². The summed E-state index contributed by atoms with van der Waals surface area (Å²) in [6.45, 7) is 0. The van der Waals surface area contributed by atoms with Gasteiger partial charge < -0.3 is 18.9 Å². The van der Waals surface area contributed by atoms with Crippen molar-refractivity contribution in [2.75, 3.05) is 28.4 Å². The Balaban J connectivity index is 2.93. The molecule has 0 saturated heterocycles. The van der Waals surface area contributed by atoms with Crippen LogP contribution in [0.5, 0.6) is 0 Å². The second-order valence-corrected chi connectivity index (χ2v) is 5.38. The maximum absolute atomic E-state index is 12.5. The lowest BCUT2D eigenvalue weighted by atomic mass is 10.1. The largest absolute Gasteiger partial charge is 0.466 e. The zero-order chi connectivity index (χ0) is 21.6. The van der Waals surface area contributed by atoms with Gasteiger partial charge in [-0.2, -0.15) is 5.10 Å². The van der Waals surface area contributed by atoms with Crippen molar-refractivity contribution in [2.45, 2.75) is 0 Å². The van der Waals surface area contributed by atoms with E-state index in [1.54, 1.807) is 30.3 Å². The first-order valence-corrected chi connectivity index (χ1v) is 8.12. The zero-order valence-electron chi connectivity index (χ0n) is 16.1. The van der Waals surface area contributed by atoms with Crippen LogP contribution < -0.4 is 0 Å². The lowest BCUT2D eigenvalue weighted by molar-refractivity contribution is -0.137. The molecule has 0 fully saturated rings. The topological polar surface area (TPSA) is 123 Å². The summed E-state index contributed by atoms with van der Waals surface area (Å²) in [6.07, 6.45) is 0.779. The van der Waals surface area contributed by atoms with E-state index in [1.807, 2.05) is 0 Å². The van der Waals surface area contributed by atoms with Crippen LogP contribution in [0.3, 0.4) is 0 Å². The first-order chi connectivity index (χ1) is 13.9. The van der Waals surface area contributed by atoms with E-state index in [1.165, 1.54) is 0 Å². The molecule has 0 bridgehead atoms. The number of ether oxygens (including phenoxy) is 4. The molecule has 2 aromatic rings. The molecule has 0 spiro atoms. The van der Waals surface area contributed by atoms with Crippen LogP contribution in [0.4, 0.5) is 0 Å². The summed E-state index contributed by atoms with van der Waals surface area (Å²) in [7, 11) is 4.40. The summed E-state index contributed by atoms with van der Waals surface area (Å²) >= 11 is 0. The van der Waals surface area contributed by atoms with Gasteiger partial charge in [-0.15, -0.1) is 0 Å². The zero-order valence-corrected chi connectivity index (χ0v) is 16.1.